The maximum atomic E-state index is 12.8. The first-order valence-electron chi connectivity index (χ1n) is 8.83. The van der Waals surface area contributed by atoms with Crippen LogP contribution in [0.5, 0.6) is 5.75 Å². The van der Waals surface area contributed by atoms with E-state index in [-0.39, 0.29) is 5.91 Å². The average Bonchev–Trinajstić information content (AvgIpc) is 2.73. The molecule has 0 unspecified atom stereocenters. The highest BCUT2D eigenvalue weighted by Gasteiger charge is 2.13. The molecule has 1 amide bonds. The van der Waals surface area contributed by atoms with Gasteiger partial charge in [-0.15, -0.1) is 0 Å². The lowest BCUT2D eigenvalue weighted by Crippen LogP contribution is -2.13. The van der Waals surface area contributed by atoms with E-state index in [1.807, 2.05) is 12.1 Å². The number of nitrogens with one attached hydrogen (secondary N) is 1. The third-order valence-electron chi connectivity index (χ3n) is 4.49. The van der Waals surface area contributed by atoms with E-state index < -0.39 is 5.63 Å². The molecule has 1 N–H and O–H groups in total. The Morgan fingerprint density at radius 1 is 1.00 bits per heavy atom. The first kappa shape index (κ1) is 18.8. The Bertz CT molecular complexity index is 1280. The second-order valence-corrected chi connectivity index (χ2v) is 6.80. The quantitative estimate of drug-likeness (QED) is 0.463. The maximum absolute atomic E-state index is 12.8. The number of ether oxygens (including phenoxy) is 1. The van der Waals surface area contributed by atoms with Crippen LogP contribution in [0.15, 0.2) is 82.0 Å². The van der Waals surface area contributed by atoms with Crippen molar-refractivity contribution in [2.45, 2.75) is 0 Å². The van der Waals surface area contributed by atoms with E-state index in [2.05, 4.69) is 5.32 Å². The van der Waals surface area contributed by atoms with Crippen molar-refractivity contribution in [3.63, 3.8) is 0 Å². The number of carbonyl (C=O) groups excluding carboxylic acids is 1. The number of methoxy groups -OCH3 is 1. The standard InChI is InChI=1S/C23H16ClNO4/c1-28-21-10-9-17(24)13-19(21)25-22(26)16-7-4-6-14(11-16)18-12-15-5-2-3-8-20(15)29-23(18)27/h2-13H,1H3,(H,25,26). The Hall–Kier alpha value is -3.57. The summed E-state index contributed by atoms with van der Waals surface area (Å²) < 4.78 is 10.7. The van der Waals surface area contributed by atoms with E-state index >= 15 is 0 Å². The lowest BCUT2D eigenvalue weighted by atomic mass is 10.0. The zero-order valence-electron chi connectivity index (χ0n) is 15.4. The number of anilines is 1. The Morgan fingerprint density at radius 2 is 1.83 bits per heavy atom. The van der Waals surface area contributed by atoms with Crippen LogP contribution in [0.2, 0.25) is 5.02 Å². The van der Waals surface area contributed by atoms with Gasteiger partial charge in [0.15, 0.2) is 0 Å². The van der Waals surface area contributed by atoms with Gasteiger partial charge in [0, 0.05) is 16.0 Å². The molecule has 144 valence electrons. The van der Waals surface area contributed by atoms with Crippen molar-refractivity contribution in [3.8, 4) is 16.9 Å². The molecular formula is C23H16ClNO4. The summed E-state index contributed by atoms with van der Waals surface area (Å²) in [6.45, 7) is 0. The SMILES string of the molecule is COc1ccc(Cl)cc1NC(=O)c1cccc(-c2cc3ccccc3oc2=O)c1. The van der Waals surface area contributed by atoms with Gasteiger partial charge in [-0.05, 0) is 48.0 Å². The van der Waals surface area contributed by atoms with E-state index in [0.29, 0.717) is 38.7 Å². The molecule has 1 heterocycles. The van der Waals surface area contributed by atoms with Gasteiger partial charge < -0.3 is 14.5 Å². The highest BCUT2D eigenvalue weighted by molar-refractivity contribution is 6.31. The highest BCUT2D eigenvalue weighted by atomic mass is 35.5. The molecule has 3 aromatic carbocycles. The summed E-state index contributed by atoms with van der Waals surface area (Å²) in [7, 11) is 1.51. The van der Waals surface area contributed by atoms with Gasteiger partial charge in [-0.25, -0.2) is 4.79 Å². The van der Waals surface area contributed by atoms with Crippen LogP contribution in [-0.2, 0) is 0 Å². The van der Waals surface area contributed by atoms with E-state index in [9.17, 15) is 9.59 Å². The fraction of sp³-hybridized carbons (Fsp3) is 0.0435. The lowest BCUT2D eigenvalue weighted by Gasteiger charge is -2.11. The van der Waals surface area contributed by atoms with Crippen LogP contribution in [-0.4, -0.2) is 13.0 Å². The molecule has 0 aliphatic carbocycles. The molecule has 0 aliphatic heterocycles. The van der Waals surface area contributed by atoms with Crippen LogP contribution < -0.4 is 15.7 Å². The second-order valence-electron chi connectivity index (χ2n) is 6.36. The predicted octanol–water partition coefficient (Wildman–Crippen LogP) is 5.37. The van der Waals surface area contributed by atoms with Gasteiger partial charge >= 0.3 is 5.63 Å². The number of para-hydroxylation sites is 1. The molecule has 0 saturated carbocycles. The van der Waals surface area contributed by atoms with Crippen LogP contribution >= 0.6 is 11.6 Å². The van der Waals surface area contributed by atoms with Gasteiger partial charge in [0.25, 0.3) is 5.91 Å². The third kappa shape index (κ3) is 3.86. The fourth-order valence-corrected chi connectivity index (χ4v) is 3.24. The van der Waals surface area contributed by atoms with Crippen molar-refractivity contribution in [1.29, 1.82) is 0 Å². The predicted molar refractivity (Wildman–Crippen MR) is 114 cm³/mol. The first-order valence-corrected chi connectivity index (χ1v) is 9.21. The van der Waals surface area contributed by atoms with Crippen LogP contribution in [0, 0.1) is 0 Å². The molecule has 5 nitrogen and oxygen atoms in total. The van der Waals surface area contributed by atoms with Crippen LogP contribution in [0.25, 0.3) is 22.1 Å². The van der Waals surface area contributed by atoms with E-state index in [4.69, 9.17) is 20.8 Å². The smallest absolute Gasteiger partial charge is 0.344 e. The van der Waals surface area contributed by atoms with Crippen molar-refractivity contribution in [3.05, 3.63) is 93.8 Å². The maximum Gasteiger partial charge on any atom is 0.344 e. The summed E-state index contributed by atoms with van der Waals surface area (Å²) in [5, 5.41) is 4.07. The van der Waals surface area contributed by atoms with Gasteiger partial charge in [0.2, 0.25) is 0 Å². The number of rotatable bonds is 4. The molecular weight excluding hydrogens is 390 g/mol. The zero-order chi connectivity index (χ0) is 20.4. The molecule has 0 saturated heterocycles. The molecule has 0 spiro atoms. The Kier molecular flexibility index (Phi) is 5.06. The van der Waals surface area contributed by atoms with Crippen molar-refractivity contribution < 1.29 is 13.9 Å². The molecule has 0 bridgehead atoms. The largest absolute Gasteiger partial charge is 0.495 e. The topological polar surface area (TPSA) is 68.5 Å². The Balaban J connectivity index is 1.69. The number of hydrogen-bond acceptors (Lipinski definition) is 4. The molecule has 0 aliphatic rings. The molecule has 6 heteroatoms. The van der Waals surface area contributed by atoms with Gasteiger partial charge in [0.1, 0.15) is 11.3 Å². The van der Waals surface area contributed by atoms with Crippen molar-refractivity contribution in [1.82, 2.24) is 0 Å². The number of halogens is 1. The Labute approximate surface area is 171 Å². The van der Waals surface area contributed by atoms with Gasteiger partial charge in [-0.3, -0.25) is 4.79 Å². The summed E-state index contributed by atoms with van der Waals surface area (Å²) in [5.74, 6) is 0.145. The molecule has 0 radical (unpaired) electrons. The van der Waals surface area contributed by atoms with Crippen molar-refractivity contribution in [2.75, 3.05) is 12.4 Å². The average molecular weight is 406 g/mol. The van der Waals surface area contributed by atoms with E-state index in [1.165, 1.54) is 7.11 Å². The molecule has 29 heavy (non-hydrogen) atoms. The monoisotopic (exact) mass is 405 g/mol. The third-order valence-corrected chi connectivity index (χ3v) is 4.72. The minimum Gasteiger partial charge on any atom is -0.495 e. The van der Waals surface area contributed by atoms with Gasteiger partial charge in [0.05, 0.1) is 18.4 Å². The van der Waals surface area contributed by atoms with Crippen molar-refractivity contribution >= 4 is 34.2 Å². The summed E-state index contributed by atoms with van der Waals surface area (Å²) >= 11 is 6.02. The molecule has 0 fully saturated rings. The molecule has 4 aromatic rings. The van der Waals surface area contributed by atoms with Gasteiger partial charge in [-0.1, -0.05) is 41.9 Å². The minimum atomic E-state index is -0.460. The lowest BCUT2D eigenvalue weighted by molar-refractivity contribution is 0.102. The highest BCUT2D eigenvalue weighted by Crippen LogP contribution is 2.28. The van der Waals surface area contributed by atoms with Crippen molar-refractivity contribution in [2.24, 2.45) is 0 Å². The van der Waals surface area contributed by atoms with E-state index in [1.54, 1.807) is 60.7 Å². The summed E-state index contributed by atoms with van der Waals surface area (Å²) in [5.41, 5.74) is 1.88. The van der Waals surface area contributed by atoms with Crippen LogP contribution in [0.4, 0.5) is 5.69 Å². The molecule has 0 atom stereocenters. The van der Waals surface area contributed by atoms with E-state index in [0.717, 1.165) is 5.39 Å². The second kappa shape index (κ2) is 7.81. The minimum absolute atomic E-state index is 0.349. The zero-order valence-corrected chi connectivity index (χ0v) is 16.2. The number of carbonyl (C=O) groups is 1. The summed E-state index contributed by atoms with van der Waals surface area (Å²) in [6, 6.07) is 20.8. The molecule has 4 rings (SSSR count). The summed E-state index contributed by atoms with van der Waals surface area (Å²) in [6.07, 6.45) is 0. The normalized spacial score (nSPS) is 10.7. The van der Waals surface area contributed by atoms with Crippen LogP contribution in [0.1, 0.15) is 10.4 Å². The summed E-state index contributed by atoms with van der Waals surface area (Å²) in [4.78, 5) is 25.2. The fourth-order valence-electron chi connectivity index (χ4n) is 3.06. The molecule has 1 aromatic heterocycles. The first-order chi connectivity index (χ1) is 14.0. The number of amides is 1. The Morgan fingerprint density at radius 3 is 2.66 bits per heavy atom. The number of benzene rings is 3. The van der Waals surface area contributed by atoms with Gasteiger partial charge in [-0.2, -0.15) is 0 Å². The van der Waals surface area contributed by atoms with Crippen LogP contribution in [0.3, 0.4) is 0 Å². The number of fused-ring (bicyclic) bond motifs is 1. The number of hydrogen-bond donors (Lipinski definition) is 1.